The highest BCUT2D eigenvalue weighted by Gasteiger charge is 2.34. The van der Waals surface area contributed by atoms with E-state index < -0.39 is 9.84 Å². The van der Waals surface area contributed by atoms with Gasteiger partial charge in [0.25, 0.3) is 0 Å². The van der Waals surface area contributed by atoms with Gasteiger partial charge in [-0.05, 0) is 30.1 Å². The Labute approximate surface area is 157 Å². The maximum atomic E-state index is 11.8. The number of quaternary nitrogens is 1. The number of hydrogen-bond donors (Lipinski definition) is 1. The van der Waals surface area contributed by atoms with Crippen LogP contribution in [0.3, 0.4) is 0 Å². The predicted molar refractivity (Wildman–Crippen MR) is 100 cm³/mol. The van der Waals surface area contributed by atoms with E-state index in [4.69, 9.17) is 17.3 Å². The molecule has 0 spiro atoms. The first-order valence-electron chi connectivity index (χ1n) is 8.67. The summed E-state index contributed by atoms with van der Waals surface area (Å²) in [7, 11) is -1.02. The number of nitrogens with zero attached hydrogens (tertiary/aromatic N) is 3. The van der Waals surface area contributed by atoms with Gasteiger partial charge in [0.2, 0.25) is 4.77 Å². The zero-order valence-electron chi connectivity index (χ0n) is 14.2. The molecule has 2 saturated heterocycles. The Balaban J connectivity index is 1.57. The molecule has 9 heteroatoms. The largest absolute Gasteiger partial charge is 0.309 e. The van der Waals surface area contributed by atoms with Crippen molar-refractivity contribution < 1.29 is 13.3 Å². The summed E-state index contributed by atoms with van der Waals surface area (Å²) in [5, 5.41) is 6.86. The van der Waals surface area contributed by atoms with Crippen LogP contribution < -0.4 is 4.90 Å². The molecule has 0 aliphatic carbocycles. The third-order valence-electron chi connectivity index (χ3n) is 5.40. The van der Waals surface area contributed by atoms with Crippen molar-refractivity contribution in [2.75, 3.05) is 18.1 Å². The monoisotopic (exact) mass is 399 g/mol. The Morgan fingerprint density at radius 1 is 1.44 bits per heavy atom. The molecule has 2 fully saturated rings. The molecule has 1 unspecified atom stereocenters. The van der Waals surface area contributed by atoms with E-state index in [9.17, 15) is 8.42 Å². The van der Waals surface area contributed by atoms with Gasteiger partial charge in [-0.3, -0.25) is 0 Å². The number of rotatable bonds is 4. The Kier molecular flexibility index (Phi) is 4.59. The number of likely N-dealkylation sites (tertiary alicyclic amines) is 1. The summed E-state index contributed by atoms with van der Waals surface area (Å²) in [4.78, 5) is 2.92. The molecule has 0 saturated carbocycles. The number of nitrogens with one attached hydrogen (secondary N) is 1. The van der Waals surface area contributed by atoms with Crippen molar-refractivity contribution in [1.29, 1.82) is 0 Å². The quantitative estimate of drug-likeness (QED) is 0.787. The lowest BCUT2D eigenvalue weighted by Crippen LogP contribution is -3.09. The highest BCUT2D eigenvalue weighted by Crippen LogP contribution is 2.28. The Hall–Kier alpha value is -1.03. The molecule has 1 N–H and O–H groups in total. The molecule has 3 atom stereocenters. The fourth-order valence-electron chi connectivity index (χ4n) is 4.09. The topological polar surface area (TPSA) is 61.3 Å². The molecular formula is C16H23N4O2S3+. The van der Waals surface area contributed by atoms with Crippen LogP contribution in [0.1, 0.15) is 41.9 Å². The van der Waals surface area contributed by atoms with Crippen molar-refractivity contribution in [2.45, 2.75) is 37.9 Å². The lowest BCUT2D eigenvalue weighted by atomic mass is 10.1. The molecule has 0 amide bonds. The summed E-state index contributed by atoms with van der Waals surface area (Å²) < 4.78 is 28.1. The minimum atomic E-state index is -2.93. The van der Waals surface area contributed by atoms with Gasteiger partial charge >= 0.3 is 0 Å². The molecule has 2 aromatic rings. The van der Waals surface area contributed by atoms with E-state index in [1.165, 1.54) is 22.6 Å². The molecule has 6 nitrogen and oxygen atoms in total. The molecule has 2 aliphatic rings. The van der Waals surface area contributed by atoms with Crippen molar-refractivity contribution in [3.63, 3.8) is 0 Å². The van der Waals surface area contributed by atoms with Crippen LogP contribution in [0.2, 0.25) is 0 Å². The number of aromatic nitrogens is 3. The number of sulfone groups is 1. The van der Waals surface area contributed by atoms with Gasteiger partial charge in [0, 0.05) is 25.8 Å². The lowest BCUT2D eigenvalue weighted by Gasteiger charge is -2.20. The fourth-order valence-corrected chi connectivity index (χ4v) is 6.95. The van der Waals surface area contributed by atoms with Crippen LogP contribution in [-0.4, -0.2) is 40.8 Å². The Morgan fingerprint density at radius 2 is 2.28 bits per heavy atom. The van der Waals surface area contributed by atoms with Crippen LogP contribution in [0.15, 0.2) is 17.5 Å². The molecule has 0 bridgehead atoms. The lowest BCUT2D eigenvalue weighted by molar-refractivity contribution is -0.941. The van der Waals surface area contributed by atoms with E-state index in [1.807, 2.05) is 27.6 Å². The third kappa shape index (κ3) is 3.34. The second kappa shape index (κ2) is 6.61. The van der Waals surface area contributed by atoms with Gasteiger partial charge < -0.3 is 9.47 Å². The first-order valence-corrected chi connectivity index (χ1v) is 11.8. The third-order valence-corrected chi connectivity index (χ3v) is 8.63. The SMILES string of the molecule is Cn1c([C@@H]2CCS(=O)(=O)C2)nn(C[NH+]2CCC[C@H]2c2cccs2)c1=S. The van der Waals surface area contributed by atoms with Gasteiger partial charge in [-0.25, -0.2) is 8.42 Å². The zero-order valence-corrected chi connectivity index (χ0v) is 16.7. The van der Waals surface area contributed by atoms with Gasteiger partial charge in [0.05, 0.1) is 22.9 Å². The van der Waals surface area contributed by atoms with Crippen molar-refractivity contribution in [1.82, 2.24) is 14.3 Å². The molecule has 2 aliphatic heterocycles. The Morgan fingerprint density at radius 3 is 2.96 bits per heavy atom. The summed E-state index contributed by atoms with van der Waals surface area (Å²) in [5.74, 6) is 1.24. The molecule has 0 aromatic carbocycles. The summed E-state index contributed by atoms with van der Waals surface area (Å²) in [5.41, 5.74) is 0. The van der Waals surface area contributed by atoms with Gasteiger partial charge in [-0.1, -0.05) is 6.07 Å². The molecule has 136 valence electrons. The van der Waals surface area contributed by atoms with E-state index in [1.54, 1.807) is 0 Å². The second-order valence-corrected chi connectivity index (χ2v) is 10.6. The molecule has 2 aromatic heterocycles. The standard InChI is InChI=1S/C16H22N4O2S3/c1-18-15(12-6-9-25(21,22)10-12)17-20(16(18)23)11-19-7-2-4-13(19)14-5-3-8-24-14/h3,5,8,12-13H,2,4,6-7,9-11H2,1H3/p+1/t12-,13+/m1/s1. The van der Waals surface area contributed by atoms with Crippen LogP contribution in [0, 0.1) is 4.77 Å². The highest BCUT2D eigenvalue weighted by molar-refractivity contribution is 7.91. The van der Waals surface area contributed by atoms with Crippen molar-refractivity contribution >= 4 is 33.4 Å². The van der Waals surface area contributed by atoms with Crippen molar-refractivity contribution in [3.05, 3.63) is 33.0 Å². The van der Waals surface area contributed by atoms with Crippen LogP contribution in [0.25, 0.3) is 0 Å². The second-order valence-electron chi connectivity index (χ2n) is 7.08. The molecular weight excluding hydrogens is 376 g/mol. The minimum Gasteiger partial charge on any atom is -0.309 e. The van der Waals surface area contributed by atoms with Gasteiger partial charge in [0.1, 0.15) is 11.9 Å². The van der Waals surface area contributed by atoms with Crippen molar-refractivity contribution in [2.24, 2.45) is 7.05 Å². The highest BCUT2D eigenvalue weighted by atomic mass is 32.2. The molecule has 0 radical (unpaired) electrons. The van der Waals surface area contributed by atoms with Gasteiger partial charge in [0.15, 0.2) is 16.5 Å². The number of thiophene rings is 1. The van der Waals surface area contributed by atoms with Crippen LogP contribution in [0.5, 0.6) is 0 Å². The van der Waals surface area contributed by atoms with Crippen LogP contribution >= 0.6 is 23.6 Å². The fraction of sp³-hybridized carbons (Fsp3) is 0.625. The van der Waals surface area contributed by atoms with Gasteiger partial charge in [-0.2, -0.15) is 9.78 Å². The first kappa shape index (κ1) is 17.4. The minimum absolute atomic E-state index is 0.0281. The predicted octanol–water partition coefficient (Wildman–Crippen LogP) is 1.29. The van der Waals surface area contributed by atoms with Crippen molar-refractivity contribution in [3.8, 4) is 0 Å². The van der Waals surface area contributed by atoms with Crippen LogP contribution in [-0.2, 0) is 23.6 Å². The van der Waals surface area contributed by atoms with Gasteiger partial charge in [-0.15, -0.1) is 11.3 Å². The average molecular weight is 400 g/mol. The molecule has 4 rings (SSSR count). The summed E-state index contributed by atoms with van der Waals surface area (Å²) in [6.45, 7) is 1.86. The van der Waals surface area contributed by atoms with E-state index in [0.717, 1.165) is 19.0 Å². The van der Waals surface area contributed by atoms with E-state index >= 15 is 0 Å². The average Bonchev–Trinajstić information content (AvgIpc) is 3.32. The number of hydrogen-bond acceptors (Lipinski definition) is 5. The van der Waals surface area contributed by atoms with E-state index in [2.05, 4.69) is 17.5 Å². The smallest absolute Gasteiger partial charge is 0.202 e. The van der Waals surface area contributed by atoms with E-state index in [-0.39, 0.29) is 17.4 Å². The normalized spacial score (nSPS) is 28.6. The van der Waals surface area contributed by atoms with Crippen LogP contribution in [0.4, 0.5) is 0 Å². The summed E-state index contributed by atoms with van der Waals surface area (Å²) in [6, 6.07) is 4.84. The molecule has 25 heavy (non-hydrogen) atoms. The van der Waals surface area contributed by atoms with E-state index in [0.29, 0.717) is 17.2 Å². The first-order chi connectivity index (χ1) is 11.9. The summed E-state index contributed by atoms with van der Waals surface area (Å²) >= 11 is 7.40. The zero-order chi connectivity index (χ0) is 17.6. The maximum absolute atomic E-state index is 11.8. The Bertz CT molecular complexity index is 914. The molecule has 4 heterocycles. The summed E-state index contributed by atoms with van der Waals surface area (Å²) in [6.07, 6.45) is 3.06. The maximum Gasteiger partial charge on any atom is 0.202 e.